The Morgan fingerprint density at radius 1 is 1.58 bits per heavy atom. The van der Waals surface area contributed by atoms with Gasteiger partial charge in [-0.05, 0) is 0 Å². The molecule has 0 aliphatic rings. The molecular formula is C5HClF3NOS. The van der Waals surface area contributed by atoms with Gasteiger partial charge < -0.3 is 0 Å². The van der Waals surface area contributed by atoms with Crippen molar-refractivity contribution in [2.45, 2.75) is 6.18 Å². The molecule has 7 heteroatoms. The van der Waals surface area contributed by atoms with E-state index in [0.29, 0.717) is 11.3 Å². The van der Waals surface area contributed by atoms with Gasteiger partial charge in [0.1, 0.15) is 4.88 Å². The molecule has 0 saturated carbocycles. The van der Waals surface area contributed by atoms with Gasteiger partial charge >= 0.3 is 6.18 Å². The van der Waals surface area contributed by atoms with Crippen molar-refractivity contribution in [1.29, 1.82) is 0 Å². The van der Waals surface area contributed by atoms with E-state index in [2.05, 4.69) is 4.98 Å². The second-order valence-corrected chi connectivity index (χ2v) is 3.42. The van der Waals surface area contributed by atoms with E-state index >= 15 is 0 Å². The van der Waals surface area contributed by atoms with Crippen LogP contribution >= 0.6 is 22.9 Å². The molecule has 66 valence electrons. The maximum Gasteiger partial charge on any atom is 0.455 e. The highest BCUT2D eigenvalue weighted by molar-refractivity contribution is 7.17. The summed E-state index contributed by atoms with van der Waals surface area (Å²) < 4.78 is 35.1. The predicted molar refractivity (Wildman–Crippen MR) is 37.5 cm³/mol. The average molecular weight is 216 g/mol. The van der Waals surface area contributed by atoms with Gasteiger partial charge in [0.2, 0.25) is 0 Å². The van der Waals surface area contributed by atoms with Crippen LogP contribution in [0.1, 0.15) is 9.67 Å². The molecular weight excluding hydrogens is 215 g/mol. The summed E-state index contributed by atoms with van der Waals surface area (Å²) in [7, 11) is 0. The van der Waals surface area contributed by atoms with Crippen molar-refractivity contribution in [2.75, 3.05) is 0 Å². The summed E-state index contributed by atoms with van der Waals surface area (Å²) in [5, 5.41) is 0. The number of halogens is 4. The van der Waals surface area contributed by atoms with Crippen LogP contribution in [0.15, 0.2) is 6.20 Å². The molecule has 12 heavy (non-hydrogen) atoms. The second-order valence-electron chi connectivity index (χ2n) is 1.80. The predicted octanol–water partition coefficient (Wildman–Crippen LogP) is 2.54. The van der Waals surface area contributed by atoms with Crippen molar-refractivity contribution in [3.05, 3.63) is 15.5 Å². The number of hydrogen-bond acceptors (Lipinski definition) is 3. The molecule has 0 fully saturated rings. The fourth-order valence-corrected chi connectivity index (χ4v) is 1.40. The molecule has 0 radical (unpaired) electrons. The van der Waals surface area contributed by atoms with Gasteiger partial charge in [-0.15, -0.1) is 0 Å². The van der Waals surface area contributed by atoms with E-state index in [9.17, 15) is 18.0 Å². The van der Waals surface area contributed by atoms with Crippen LogP contribution < -0.4 is 0 Å². The van der Waals surface area contributed by atoms with Gasteiger partial charge in [-0.1, -0.05) is 22.9 Å². The number of nitrogens with zero attached hydrogens (tertiary/aromatic N) is 1. The molecule has 1 aromatic heterocycles. The third-order valence-corrected chi connectivity index (χ3v) is 2.07. The number of carbonyl (C=O) groups is 1. The zero-order chi connectivity index (χ0) is 9.35. The SMILES string of the molecule is O=C(c1cnc(Cl)s1)C(F)(F)F. The van der Waals surface area contributed by atoms with Gasteiger partial charge in [-0.3, -0.25) is 4.79 Å². The first kappa shape index (κ1) is 9.47. The minimum Gasteiger partial charge on any atom is -0.283 e. The van der Waals surface area contributed by atoms with Crippen molar-refractivity contribution < 1.29 is 18.0 Å². The van der Waals surface area contributed by atoms with Crippen LogP contribution in [0.4, 0.5) is 13.2 Å². The Kier molecular flexibility index (Phi) is 2.39. The van der Waals surface area contributed by atoms with Crippen molar-refractivity contribution >= 4 is 28.7 Å². The third-order valence-electron chi connectivity index (χ3n) is 0.959. The molecule has 1 heterocycles. The number of rotatable bonds is 1. The lowest BCUT2D eigenvalue weighted by Crippen LogP contribution is -2.21. The highest BCUT2D eigenvalue weighted by Gasteiger charge is 2.40. The monoisotopic (exact) mass is 215 g/mol. The average Bonchev–Trinajstić information content (AvgIpc) is 2.32. The highest BCUT2D eigenvalue weighted by Crippen LogP contribution is 2.26. The number of Topliss-reactive ketones (excluding diaryl/α,β-unsaturated/α-hetero) is 1. The minimum absolute atomic E-state index is 0.0809. The maximum atomic E-state index is 11.7. The molecule has 0 saturated heterocycles. The van der Waals surface area contributed by atoms with Gasteiger partial charge in [0.25, 0.3) is 5.78 Å². The molecule has 2 nitrogen and oxygen atoms in total. The van der Waals surface area contributed by atoms with Crippen molar-refractivity contribution in [2.24, 2.45) is 0 Å². The number of ketones is 1. The summed E-state index contributed by atoms with van der Waals surface area (Å²) in [6.07, 6.45) is -4.04. The molecule has 0 aromatic carbocycles. The number of carbonyl (C=O) groups excluding carboxylic acids is 1. The Bertz CT molecular complexity index is 308. The first-order valence-electron chi connectivity index (χ1n) is 2.64. The van der Waals surface area contributed by atoms with E-state index in [0.717, 1.165) is 6.20 Å². The zero-order valence-corrected chi connectivity index (χ0v) is 6.93. The standard InChI is InChI=1S/C5HClF3NOS/c6-4-10-1-2(12-4)3(11)5(7,8)9/h1H. The lowest BCUT2D eigenvalue weighted by molar-refractivity contribution is -0.0882. The second kappa shape index (κ2) is 3.02. The third kappa shape index (κ3) is 1.95. The molecule has 1 rings (SSSR count). The Hall–Kier alpha value is -0.620. The van der Waals surface area contributed by atoms with Crippen LogP contribution in [-0.4, -0.2) is 16.9 Å². The van der Waals surface area contributed by atoms with Crippen molar-refractivity contribution in [1.82, 2.24) is 4.98 Å². The van der Waals surface area contributed by atoms with Crippen LogP contribution in [0.5, 0.6) is 0 Å². The number of aromatic nitrogens is 1. The Balaban J connectivity index is 2.93. The first-order valence-corrected chi connectivity index (χ1v) is 3.83. The summed E-state index contributed by atoms with van der Waals surface area (Å²) in [5.74, 6) is -1.91. The highest BCUT2D eigenvalue weighted by atomic mass is 35.5. The van der Waals surface area contributed by atoms with Gasteiger partial charge in [-0.2, -0.15) is 13.2 Å². The van der Waals surface area contributed by atoms with E-state index in [1.807, 2.05) is 0 Å². The number of alkyl halides is 3. The lowest BCUT2D eigenvalue weighted by atomic mass is 10.3. The lowest BCUT2D eigenvalue weighted by Gasteiger charge is -2.00. The van der Waals surface area contributed by atoms with Gasteiger partial charge in [0.05, 0.1) is 6.20 Å². The quantitative estimate of drug-likeness (QED) is 0.674. The van der Waals surface area contributed by atoms with Crippen molar-refractivity contribution in [3.8, 4) is 0 Å². The summed E-state index contributed by atoms with van der Waals surface area (Å²) in [6, 6.07) is 0. The molecule has 1 aromatic rings. The molecule has 0 N–H and O–H groups in total. The van der Waals surface area contributed by atoms with E-state index in [4.69, 9.17) is 11.6 Å². The fourth-order valence-electron chi connectivity index (χ4n) is 0.497. The van der Waals surface area contributed by atoms with Crippen LogP contribution in [0, 0.1) is 0 Å². The smallest absolute Gasteiger partial charge is 0.283 e. The van der Waals surface area contributed by atoms with Crippen LogP contribution in [0.3, 0.4) is 0 Å². The molecule has 0 aliphatic heterocycles. The van der Waals surface area contributed by atoms with E-state index in [-0.39, 0.29) is 4.47 Å². The van der Waals surface area contributed by atoms with Crippen LogP contribution in [-0.2, 0) is 0 Å². The first-order chi connectivity index (χ1) is 5.41. The van der Waals surface area contributed by atoms with Crippen LogP contribution in [0.25, 0.3) is 0 Å². The van der Waals surface area contributed by atoms with E-state index in [1.165, 1.54) is 0 Å². The Labute approximate surface area is 74.0 Å². The number of hydrogen-bond donors (Lipinski definition) is 0. The van der Waals surface area contributed by atoms with Crippen LogP contribution in [0.2, 0.25) is 4.47 Å². The molecule has 0 aliphatic carbocycles. The van der Waals surface area contributed by atoms with Crippen molar-refractivity contribution in [3.63, 3.8) is 0 Å². The molecule has 0 spiro atoms. The summed E-state index contributed by atoms with van der Waals surface area (Å²) in [4.78, 5) is 13.3. The zero-order valence-electron chi connectivity index (χ0n) is 5.35. The molecule has 0 unspecified atom stereocenters. The Morgan fingerprint density at radius 3 is 2.50 bits per heavy atom. The fraction of sp³-hybridized carbons (Fsp3) is 0.200. The number of thiazole rings is 1. The Morgan fingerprint density at radius 2 is 2.17 bits per heavy atom. The maximum absolute atomic E-state index is 11.7. The van der Waals surface area contributed by atoms with Gasteiger partial charge in [0, 0.05) is 0 Å². The van der Waals surface area contributed by atoms with E-state index in [1.54, 1.807) is 0 Å². The summed E-state index contributed by atoms with van der Waals surface area (Å²) in [6.45, 7) is 0. The molecule has 0 amide bonds. The summed E-state index contributed by atoms with van der Waals surface area (Å²) in [5.41, 5.74) is 0. The minimum atomic E-state index is -4.85. The normalized spacial score (nSPS) is 11.7. The molecule has 0 bridgehead atoms. The molecule has 0 atom stereocenters. The van der Waals surface area contributed by atoms with E-state index < -0.39 is 16.8 Å². The topological polar surface area (TPSA) is 30.0 Å². The van der Waals surface area contributed by atoms with Gasteiger partial charge in [0.15, 0.2) is 4.47 Å². The van der Waals surface area contributed by atoms with Gasteiger partial charge in [-0.25, -0.2) is 4.98 Å². The largest absolute Gasteiger partial charge is 0.455 e. The summed E-state index contributed by atoms with van der Waals surface area (Å²) >= 11 is 5.75.